The second kappa shape index (κ2) is 10.7. The fourth-order valence-electron chi connectivity index (χ4n) is 3.32. The second-order valence-electron chi connectivity index (χ2n) is 7.54. The highest BCUT2D eigenvalue weighted by Crippen LogP contribution is 2.26. The second-order valence-corrected chi connectivity index (χ2v) is 7.54. The van der Waals surface area contributed by atoms with Crippen LogP contribution in [0.2, 0.25) is 0 Å². The predicted molar refractivity (Wildman–Crippen MR) is 139 cm³/mol. The summed E-state index contributed by atoms with van der Waals surface area (Å²) in [6.07, 6.45) is 0. The smallest absolute Gasteiger partial charge is 0.323 e. The molecule has 0 saturated carbocycles. The Hall–Kier alpha value is -4.78. The minimum atomic E-state index is -0.299. The van der Waals surface area contributed by atoms with Gasteiger partial charge in [0.05, 0.1) is 0 Å². The van der Waals surface area contributed by atoms with Crippen molar-refractivity contribution in [2.24, 2.45) is 0 Å². The zero-order valence-corrected chi connectivity index (χ0v) is 18.7. The molecule has 0 saturated heterocycles. The van der Waals surface area contributed by atoms with E-state index in [0.717, 1.165) is 22.7 Å². The number of rotatable bonds is 6. The maximum atomic E-state index is 12.2. The van der Waals surface area contributed by atoms with Crippen molar-refractivity contribution < 1.29 is 9.59 Å². The number of carbonyl (C=O) groups excluding carboxylic acids is 2. The molecule has 0 spiro atoms. The van der Waals surface area contributed by atoms with E-state index in [1.807, 2.05) is 121 Å². The summed E-state index contributed by atoms with van der Waals surface area (Å²) in [5.74, 6) is 0. The fraction of sp³-hybridized carbons (Fsp3) is 0.0370. The minimum Gasteiger partial charge on any atom is -0.345 e. The molecule has 4 amide bonds. The molecule has 0 radical (unpaired) electrons. The molecular formula is C27H25N5O2. The topological polar surface area (TPSA) is 85.5 Å². The van der Waals surface area contributed by atoms with Gasteiger partial charge in [-0.15, -0.1) is 0 Å². The summed E-state index contributed by atoms with van der Waals surface area (Å²) in [5, 5.41) is 11.2. The van der Waals surface area contributed by atoms with Crippen LogP contribution in [0.25, 0.3) is 0 Å². The van der Waals surface area contributed by atoms with Crippen LogP contribution in [0.1, 0.15) is 0 Å². The lowest BCUT2D eigenvalue weighted by Gasteiger charge is -2.20. The molecule has 0 aliphatic carbocycles. The lowest BCUT2D eigenvalue weighted by atomic mass is 10.2. The number of urea groups is 2. The summed E-state index contributed by atoms with van der Waals surface area (Å²) in [7, 11) is 1.95. The average Bonchev–Trinajstić information content (AvgIpc) is 2.86. The Kier molecular flexibility index (Phi) is 7.05. The van der Waals surface area contributed by atoms with E-state index in [2.05, 4.69) is 21.3 Å². The van der Waals surface area contributed by atoms with Crippen molar-refractivity contribution in [2.45, 2.75) is 0 Å². The number of hydrogen-bond acceptors (Lipinski definition) is 3. The average molecular weight is 452 g/mol. The van der Waals surface area contributed by atoms with Crippen molar-refractivity contribution in [1.82, 2.24) is 0 Å². The van der Waals surface area contributed by atoms with E-state index >= 15 is 0 Å². The third-order valence-electron chi connectivity index (χ3n) is 5.09. The first-order valence-corrected chi connectivity index (χ1v) is 10.8. The first kappa shape index (κ1) is 22.4. The Bertz CT molecular complexity index is 1130. The molecule has 4 N–H and O–H groups in total. The highest BCUT2D eigenvalue weighted by atomic mass is 16.2. The van der Waals surface area contributed by atoms with Crippen LogP contribution in [-0.2, 0) is 0 Å². The van der Waals surface area contributed by atoms with E-state index < -0.39 is 0 Å². The molecule has 0 atom stereocenters. The van der Waals surface area contributed by atoms with Gasteiger partial charge in [-0.1, -0.05) is 36.4 Å². The van der Waals surface area contributed by atoms with Gasteiger partial charge in [-0.2, -0.15) is 0 Å². The molecule has 4 aromatic carbocycles. The number of amides is 4. The normalized spacial score (nSPS) is 10.1. The van der Waals surface area contributed by atoms with Crippen molar-refractivity contribution in [3.05, 3.63) is 109 Å². The third kappa shape index (κ3) is 6.14. The molecule has 170 valence electrons. The number of hydrogen-bond donors (Lipinski definition) is 4. The molecule has 0 aromatic heterocycles. The molecule has 0 aliphatic rings. The number of carbonyl (C=O) groups is 2. The van der Waals surface area contributed by atoms with Crippen LogP contribution >= 0.6 is 0 Å². The number of nitrogens with zero attached hydrogens (tertiary/aromatic N) is 1. The van der Waals surface area contributed by atoms with Crippen molar-refractivity contribution >= 4 is 46.2 Å². The van der Waals surface area contributed by atoms with Crippen LogP contribution < -0.4 is 26.2 Å². The summed E-state index contributed by atoms with van der Waals surface area (Å²) in [6, 6.07) is 33.1. The van der Waals surface area contributed by atoms with E-state index in [-0.39, 0.29) is 12.1 Å². The quantitative estimate of drug-likeness (QED) is 0.262. The van der Waals surface area contributed by atoms with Gasteiger partial charge in [-0.05, 0) is 72.8 Å². The summed E-state index contributed by atoms with van der Waals surface area (Å²) < 4.78 is 0. The Morgan fingerprint density at radius 3 is 1.09 bits per heavy atom. The lowest BCUT2D eigenvalue weighted by molar-refractivity contribution is 0.261. The molecule has 0 bridgehead atoms. The molecule has 7 heteroatoms. The van der Waals surface area contributed by atoms with Crippen LogP contribution in [0, 0.1) is 0 Å². The van der Waals surface area contributed by atoms with Crippen LogP contribution in [0.4, 0.5) is 43.7 Å². The number of para-hydroxylation sites is 2. The minimum absolute atomic E-state index is 0.299. The molecule has 34 heavy (non-hydrogen) atoms. The van der Waals surface area contributed by atoms with Crippen LogP contribution in [0.5, 0.6) is 0 Å². The van der Waals surface area contributed by atoms with Gasteiger partial charge < -0.3 is 26.2 Å². The van der Waals surface area contributed by atoms with Gasteiger partial charge in [0.1, 0.15) is 0 Å². The monoisotopic (exact) mass is 451 g/mol. The summed E-state index contributed by atoms with van der Waals surface area (Å²) in [4.78, 5) is 26.3. The van der Waals surface area contributed by atoms with Crippen LogP contribution in [-0.4, -0.2) is 19.1 Å². The van der Waals surface area contributed by atoms with Crippen molar-refractivity contribution in [2.75, 3.05) is 33.2 Å². The van der Waals surface area contributed by atoms with Crippen molar-refractivity contribution in [3.8, 4) is 0 Å². The molecule has 0 unspecified atom stereocenters. The summed E-state index contributed by atoms with van der Waals surface area (Å²) in [5.41, 5.74) is 4.75. The molecule has 0 aliphatic heterocycles. The Balaban J connectivity index is 1.32. The number of anilines is 6. The zero-order chi connectivity index (χ0) is 23.8. The van der Waals surface area contributed by atoms with E-state index in [9.17, 15) is 9.59 Å². The molecule has 4 aromatic rings. The van der Waals surface area contributed by atoms with E-state index in [1.54, 1.807) is 0 Å². The van der Waals surface area contributed by atoms with Gasteiger partial charge in [-0.25, -0.2) is 9.59 Å². The molecular weight excluding hydrogens is 426 g/mol. The number of benzene rings is 4. The van der Waals surface area contributed by atoms with Crippen LogP contribution in [0.15, 0.2) is 109 Å². The number of nitrogens with one attached hydrogen (secondary N) is 4. The van der Waals surface area contributed by atoms with Crippen LogP contribution in [0.3, 0.4) is 0 Å². The first-order valence-electron chi connectivity index (χ1n) is 10.8. The lowest BCUT2D eigenvalue weighted by Crippen LogP contribution is -2.19. The maximum Gasteiger partial charge on any atom is 0.323 e. The highest BCUT2D eigenvalue weighted by molar-refractivity contribution is 6.00. The van der Waals surface area contributed by atoms with Crippen molar-refractivity contribution in [3.63, 3.8) is 0 Å². The fourth-order valence-corrected chi connectivity index (χ4v) is 3.32. The molecule has 0 fully saturated rings. The molecule has 7 nitrogen and oxygen atoms in total. The zero-order valence-electron chi connectivity index (χ0n) is 18.7. The maximum absolute atomic E-state index is 12.2. The van der Waals surface area contributed by atoms with Gasteiger partial charge in [0.2, 0.25) is 0 Å². The van der Waals surface area contributed by atoms with Gasteiger partial charge >= 0.3 is 12.1 Å². The summed E-state index contributed by atoms with van der Waals surface area (Å²) in [6.45, 7) is 0. The van der Waals surface area contributed by atoms with Gasteiger partial charge in [0.25, 0.3) is 0 Å². The van der Waals surface area contributed by atoms with E-state index in [4.69, 9.17) is 0 Å². The van der Waals surface area contributed by atoms with E-state index in [1.165, 1.54) is 0 Å². The standard InChI is InChI=1S/C27H25N5O2/c1-32(24-16-12-22(13-17-24)30-26(33)28-20-8-4-2-5-9-20)25-18-14-23(15-19-25)31-27(34)29-21-10-6-3-7-11-21/h2-19H,1H3,(H2,28,30,33)(H2,29,31,34). The first-order chi connectivity index (χ1) is 16.6. The molecule has 0 heterocycles. The Labute approximate surface area is 198 Å². The van der Waals surface area contributed by atoms with E-state index in [0.29, 0.717) is 11.4 Å². The molecule has 4 rings (SSSR count). The van der Waals surface area contributed by atoms with Gasteiger partial charge in [0, 0.05) is 41.2 Å². The Morgan fingerprint density at radius 1 is 0.471 bits per heavy atom. The predicted octanol–water partition coefficient (Wildman–Crippen LogP) is 6.74. The summed E-state index contributed by atoms with van der Waals surface area (Å²) >= 11 is 0. The highest BCUT2D eigenvalue weighted by Gasteiger charge is 2.07. The third-order valence-corrected chi connectivity index (χ3v) is 5.09. The largest absolute Gasteiger partial charge is 0.345 e. The Morgan fingerprint density at radius 2 is 0.765 bits per heavy atom. The van der Waals surface area contributed by atoms with Crippen molar-refractivity contribution in [1.29, 1.82) is 0 Å². The van der Waals surface area contributed by atoms with Gasteiger partial charge in [0.15, 0.2) is 0 Å². The SMILES string of the molecule is CN(c1ccc(NC(=O)Nc2ccccc2)cc1)c1ccc(NC(=O)Nc2ccccc2)cc1. The van der Waals surface area contributed by atoms with Gasteiger partial charge in [-0.3, -0.25) is 0 Å².